The zero-order valence-electron chi connectivity index (χ0n) is 23.8. The number of nitrogens with one attached hydrogen (secondary N) is 1. The Bertz CT molecular complexity index is 1820. The lowest BCUT2D eigenvalue weighted by Crippen LogP contribution is -2.48. The molecule has 4 heterocycles. The number of aromatic hydroxyl groups is 1. The van der Waals surface area contributed by atoms with Crippen LogP contribution in [-0.2, 0) is 4.79 Å². The van der Waals surface area contributed by atoms with Crippen LogP contribution in [-0.4, -0.2) is 84.0 Å². The van der Waals surface area contributed by atoms with Crippen LogP contribution in [0.5, 0.6) is 17.5 Å². The van der Waals surface area contributed by atoms with Gasteiger partial charge in [0.25, 0.3) is 0 Å². The molecule has 9 nitrogen and oxygen atoms in total. The van der Waals surface area contributed by atoms with Crippen molar-refractivity contribution in [2.75, 3.05) is 51.3 Å². The van der Waals surface area contributed by atoms with Gasteiger partial charge in [0.2, 0.25) is 5.91 Å². The molecule has 4 aromatic rings. The van der Waals surface area contributed by atoms with Gasteiger partial charge in [0.15, 0.2) is 17.4 Å². The van der Waals surface area contributed by atoms with Crippen LogP contribution in [0.15, 0.2) is 30.3 Å². The molecule has 0 unspecified atom stereocenters. The highest BCUT2D eigenvalue weighted by Gasteiger charge is 2.49. The maximum absolute atomic E-state index is 16.7. The molecule has 0 aliphatic carbocycles. The van der Waals surface area contributed by atoms with Gasteiger partial charge in [0.1, 0.15) is 35.7 Å². The molecule has 230 valence electrons. The number of methoxy groups -OCH3 is 1. The van der Waals surface area contributed by atoms with Crippen molar-refractivity contribution in [2.45, 2.75) is 31.0 Å². The van der Waals surface area contributed by atoms with Crippen molar-refractivity contribution in [3.8, 4) is 28.6 Å². The third-order valence-electron chi connectivity index (χ3n) is 8.90. The van der Waals surface area contributed by atoms with Gasteiger partial charge in [-0.2, -0.15) is 9.97 Å². The van der Waals surface area contributed by atoms with E-state index < -0.39 is 40.5 Å². The third kappa shape index (κ3) is 4.52. The van der Waals surface area contributed by atoms with Gasteiger partial charge >= 0.3 is 6.01 Å². The minimum atomic E-state index is -1.16. The van der Waals surface area contributed by atoms with Crippen LogP contribution in [0.3, 0.4) is 0 Å². The second-order valence-electron chi connectivity index (χ2n) is 11.6. The number of halogens is 4. The molecule has 1 aromatic heterocycles. The number of anilines is 1. The lowest BCUT2D eigenvalue weighted by Gasteiger charge is -2.31. The van der Waals surface area contributed by atoms with E-state index in [1.54, 1.807) is 4.90 Å². The summed E-state index contributed by atoms with van der Waals surface area (Å²) in [5, 5.41) is 13.1. The Morgan fingerprint density at radius 1 is 1.14 bits per heavy atom. The first-order valence-corrected chi connectivity index (χ1v) is 14.4. The third-order valence-corrected chi connectivity index (χ3v) is 8.90. The Morgan fingerprint density at radius 3 is 2.77 bits per heavy atom. The van der Waals surface area contributed by atoms with Crippen molar-refractivity contribution >= 4 is 33.4 Å². The smallest absolute Gasteiger partial charge is 0.319 e. The van der Waals surface area contributed by atoms with Crippen molar-refractivity contribution < 1.29 is 36.9 Å². The highest BCUT2D eigenvalue weighted by molar-refractivity contribution is 6.04. The largest absolute Gasteiger partial charge is 0.508 e. The van der Waals surface area contributed by atoms with Gasteiger partial charge in [-0.15, -0.1) is 0 Å². The number of carbonyl (C=O) groups excluding carboxylic acids is 1. The zero-order chi connectivity index (χ0) is 30.7. The van der Waals surface area contributed by atoms with Crippen LogP contribution < -0.4 is 19.7 Å². The first kappa shape index (κ1) is 28.4. The highest BCUT2D eigenvalue weighted by atomic mass is 19.1. The number of ether oxygens (including phenoxy) is 2. The Balaban J connectivity index is 1.45. The summed E-state index contributed by atoms with van der Waals surface area (Å²) in [5.41, 5.74) is -1.84. The number of nitrogens with zero attached hydrogens (tertiary/aromatic N) is 4. The van der Waals surface area contributed by atoms with Gasteiger partial charge in [0.05, 0.1) is 30.1 Å². The molecule has 3 aromatic carbocycles. The van der Waals surface area contributed by atoms with Crippen molar-refractivity contribution in [1.29, 1.82) is 0 Å². The van der Waals surface area contributed by atoms with E-state index in [0.717, 1.165) is 25.1 Å². The van der Waals surface area contributed by atoms with Crippen molar-refractivity contribution in [1.82, 2.24) is 20.2 Å². The van der Waals surface area contributed by atoms with E-state index >= 15 is 13.2 Å². The molecule has 2 N–H and O–H groups in total. The van der Waals surface area contributed by atoms with E-state index in [4.69, 9.17) is 9.47 Å². The molecule has 3 aliphatic rings. The van der Waals surface area contributed by atoms with Gasteiger partial charge < -0.3 is 24.8 Å². The molecule has 3 aliphatic heterocycles. The number of amides is 1. The van der Waals surface area contributed by atoms with Crippen molar-refractivity contribution in [3.63, 3.8) is 0 Å². The number of phenolic OH excluding ortho intramolecular Hbond substituents is 1. The van der Waals surface area contributed by atoms with E-state index in [1.165, 1.54) is 25.3 Å². The number of aromatic nitrogens is 2. The quantitative estimate of drug-likeness (QED) is 0.308. The van der Waals surface area contributed by atoms with Crippen molar-refractivity contribution in [2.24, 2.45) is 0 Å². The van der Waals surface area contributed by atoms with Crippen LogP contribution in [0.4, 0.5) is 23.4 Å². The van der Waals surface area contributed by atoms with Crippen LogP contribution in [0.2, 0.25) is 0 Å². The second-order valence-corrected chi connectivity index (χ2v) is 11.6. The summed E-state index contributed by atoms with van der Waals surface area (Å²) in [6.45, 7) is 1.47. The minimum absolute atomic E-state index is 0.0172. The number of benzene rings is 3. The van der Waals surface area contributed by atoms with Crippen LogP contribution in [0, 0.1) is 17.5 Å². The highest BCUT2D eigenvalue weighted by Crippen LogP contribution is 2.46. The van der Waals surface area contributed by atoms with Crippen LogP contribution in [0.1, 0.15) is 19.3 Å². The predicted octanol–water partition coefficient (Wildman–Crippen LogP) is 4.47. The van der Waals surface area contributed by atoms with Gasteiger partial charge in [-0.1, -0.05) is 12.1 Å². The molecule has 7 rings (SSSR count). The number of piperazine rings is 1. The van der Waals surface area contributed by atoms with Gasteiger partial charge in [0, 0.05) is 37.0 Å². The molecule has 13 heteroatoms. The number of carbonyl (C=O) groups is 1. The Hall–Kier alpha value is -4.39. The van der Waals surface area contributed by atoms with Crippen LogP contribution in [0.25, 0.3) is 32.8 Å². The predicted molar refractivity (Wildman–Crippen MR) is 154 cm³/mol. The Kier molecular flexibility index (Phi) is 6.87. The number of rotatable bonds is 6. The first-order valence-electron chi connectivity index (χ1n) is 14.4. The van der Waals surface area contributed by atoms with Gasteiger partial charge in [-0.25, -0.2) is 17.6 Å². The molecular formula is C31H29F4N5O4. The molecule has 0 radical (unpaired) electrons. The fraction of sp³-hybridized carbons (Fsp3) is 0.387. The van der Waals surface area contributed by atoms with Gasteiger partial charge in [-0.3, -0.25) is 9.69 Å². The lowest BCUT2D eigenvalue weighted by molar-refractivity contribution is -0.120. The number of fused-ring (bicyclic) bond motifs is 3. The second kappa shape index (κ2) is 10.7. The summed E-state index contributed by atoms with van der Waals surface area (Å²) in [6.07, 6.45) is 0.885. The zero-order valence-corrected chi connectivity index (χ0v) is 23.8. The van der Waals surface area contributed by atoms with Gasteiger partial charge in [-0.05, 0) is 43.0 Å². The molecule has 44 heavy (non-hydrogen) atoms. The normalized spacial score (nSPS) is 22.1. The molecule has 3 fully saturated rings. The fourth-order valence-electron chi connectivity index (χ4n) is 6.99. The molecule has 1 amide bonds. The SMILES string of the molecule is COc1c(F)c(-c2cc(O)cc3cccc(F)c23)c(F)c2nc(OC[C@@]34CCCN3C[C@H](F)C4)nc(N3CCNC(=O)C3)c12. The fourth-order valence-corrected chi connectivity index (χ4v) is 6.99. The molecule has 0 bridgehead atoms. The lowest BCUT2D eigenvalue weighted by atomic mass is 9.94. The minimum Gasteiger partial charge on any atom is -0.508 e. The summed E-state index contributed by atoms with van der Waals surface area (Å²) < 4.78 is 74.2. The van der Waals surface area contributed by atoms with E-state index in [0.29, 0.717) is 13.0 Å². The maximum Gasteiger partial charge on any atom is 0.319 e. The topological polar surface area (TPSA) is 100 Å². The number of hydrogen-bond acceptors (Lipinski definition) is 8. The van der Waals surface area contributed by atoms with E-state index in [1.807, 2.05) is 4.90 Å². The van der Waals surface area contributed by atoms with Crippen LogP contribution >= 0.6 is 0 Å². The summed E-state index contributed by atoms with van der Waals surface area (Å²) in [6, 6.07) is 6.22. The van der Waals surface area contributed by atoms with E-state index in [9.17, 15) is 14.3 Å². The Labute approximate surface area is 249 Å². The maximum atomic E-state index is 16.7. The first-order chi connectivity index (χ1) is 21.2. The average Bonchev–Trinajstić information content (AvgIpc) is 3.51. The molecular weight excluding hydrogens is 582 g/mol. The number of alkyl halides is 1. The van der Waals surface area contributed by atoms with Crippen molar-refractivity contribution in [3.05, 3.63) is 47.8 Å². The Morgan fingerprint density at radius 2 is 1.98 bits per heavy atom. The summed E-state index contributed by atoms with van der Waals surface area (Å²) in [7, 11) is 1.19. The summed E-state index contributed by atoms with van der Waals surface area (Å²) >= 11 is 0. The molecule has 0 saturated carbocycles. The monoisotopic (exact) mass is 611 g/mol. The standard InChI is InChI=1S/C31H29F4N5O4/c1-43-28-24-27(25(34)23(26(28)35)19-11-18(41)10-16-4-2-5-20(33)22(16)19)37-30(38-29(24)39-9-7-36-21(42)14-39)44-15-31-6-3-8-40(31)13-17(32)12-31/h2,4-5,10-11,17,41H,3,6-9,12-15H2,1H3,(H,36,42)/t17-,31+/m1/s1. The molecule has 3 saturated heterocycles. The number of phenols is 1. The number of hydrogen-bond donors (Lipinski definition) is 2. The summed E-state index contributed by atoms with van der Waals surface area (Å²) in [4.78, 5) is 24.8. The molecule has 2 atom stereocenters. The molecule has 0 spiro atoms. The van der Waals surface area contributed by atoms with E-state index in [-0.39, 0.29) is 83.4 Å². The average molecular weight is 612 g/mol. The van der Waals surface area contributed by atoms with E-state index in [2.05, 4.69) is 15.3 Å². The summed E-state index contributed by atoms with van der Waals surface area (Å²) in [5.74, 6) is -4.11.